The highest BCUT2D eigenvalue weighted by Gasteiger charge is 2.32. The van der Waals surface area contributed by atoms with Crippen molar-refractivity contribution in [3.8, 4) is 16.1 Å². The number of aromatic nitrogens is 2. The fourth-order valence-corrected chi connectivity index (χ4v) is 6.36. The molecular weight excluding hydrogens is 511 g/mol. The summed E-state index contributed by atoms with van der Waals surface area (Å²) in [6.45, 7) is 6.00. The minimum absolute atomic E-state index is 0.242. The number of fused-ring (bicyclic) bond motifs is 1. The number of hydrogen-bond donors (Lipinski definition) is 2. The number of aryl methyl sites for hydroxylation is 2. The molecule has 1 amide bonds. The minimum Gasteiger partial charge on any atom is -0.462 e. The van der Waals surface area contributed by atoms with Crippen LogP contribution in [0.4, 0.5) is 5.00 Å². The molecule has 5 aromatic rings. The van der Waals surface area contributed by atoms with E-state index in [9.17, 15) is 9.59 Å². The topological polar surface area (TPSA) is 64.4 Å². The zero-order valence-corrected chi connectivity index (χ0v) is 22.5. The van der Waals surface area contributed by atoms with E-state index >= 15 is 0 Å². The number of nitrogens with one attached hydrogen (secondary N) is 1. The maximum atomic E-state index is 13.8. The van der Waals surface area contributed by atoms with E-state index in [1.807, 2.05) is 88.3 Å². The van der Waals surface area contributed by atoms with Gasteiger partial charge in [0.15, 0.2) is 0 Å². The van der Waals surface area contributed by atoms with E-state index in [-0.39, 0.29) is 12.5 Å². The highest BCUT2D eigenvalue weighted by molar-refractivity contribution is 7.80. The number of ether oxygens (including phenoxy) is 1. The number of rotatable bonds is 6. The van der Waals surface area contributed by atoms with E-state index in [4.69, 9.17) is 17.4 Å². The van der Waals surface area contributed by atoms with Crippen molar-refractivity contribution in [3.05, 3.63) is 87.9 Å². The molecule has 0 bridgehead atoms. The summed E-state index contributed by atoms with van der Waals surface area (Å²) in [5, 5.41) is 7.75. The fourth-order valence-electron chi connectivity index (χ4n) is 4.18. The minimum atomic E-state index is -0.464. The average Bonchev–Trinajstić information content (AvgIpc) is 3.57. The molecular formula is C27H24N3O3S3+. The zero-order chi connectivity index (χ0) is 25.4. The molecule has 4 heterocycles. The molecule has 0 aliphatic rings. The Morgan fingerprint density at radius 3 is 2.61 bits per heavy atom. The van der Waals surface area contributed by atoms with Crippen molar-refractivity contribution in [3.63, 3.8) is 0 Å². The van der Waals surface area contributed by atoms with Gasteiger partial charge in [-0.3, -0.25) is 4.79 Å². The molecule has 0 atom stereocenters. The Morgan fingerprint density at radius 1 is 1.08 bits per heavy atom. The van der Waals surface area contributed by atoms with Gasteiger partial charge in [0.25, 0.3) is 11.3 Å². The van der Waals surface area contributed by atoms with Gasteiger partial charge in [-0.2, -0.15) is 8.97 Å². The second kappa shape index (κ2) is 9.93. The van der Waals surface area contributed by atoms with Crippen molar-refractivity contribution in [1.29, 1.82) is 0 Å². The number of para-hydroxylation sites is 1. The maximum absolute atomic E-state index is 13.8. The van der Waals surface area contributed by atoms with Crippen LogP contribution < -0.4 is 9.72 Å². The van der Waals surface area contributed by atoms with Crippen molar-refractivity contribution >= 4 is 57.8 Å². The van der Waals surface area contributed by atoms with Crippen LogP contribution in [0.25, 0.3) is 21.8 Å². The van der Waals surface area contributed by atoms with Gasteiger partial charge in [-0.1, -0.05) is 36.9 Å². The molecule has 36 heavy (non-hydrogen) atoms. The first-order chi connectivity index (χ1) is 17.4. The predicted octanol–water partition coefficient (Wildman–Crippen LogP) is 6.34. The number of thiophene rings is 2. The van der Waals surface area contributed by atoms with E-state index in [1.54, 1.807) is 6.92 Å². The molecule has 0 radical (unpaired) electrons. The molecule has 0 saturated carbocycles. The van der Waals surface area contributed by atoms with Crippen LogP contribution in [0.3, 0.4) is 0 Å². The first-order valence-electron chi connectivity index (χ1n) is 11.4. The van der Waals surface area contributed by atoms with Gasteiger partial charge < -0.3 is 10.1 Å². The fraction of sp³-hybridized carbons (Fsp3) is 0.148. The molecule has 0 spiro atoms. The largest absolute Gasteiger partial charge is 0.462 e. The second-order valence-corrected chi connectivity index (χ2v) is 10.5. The van der Waals surface area contributed by atoms with Crippen LogP contribution in [0.15, 0.2) is 70.5 Å². The molecule has 0 aliphatic heterocycles. The quantitative estimate of drug-likeness (QED) is 0.152. The summed E-state index contributed by atoms with van der Waals surface area (Å²) in [5.74, 6) is -0.826. The Bertz CT molecular complexity index is 1600. The predicted molar refractivity (Wildman–Crippen MR) is 147 cm³/mol. The molecule has 0 fully saturated rings. The van der Waals surface area contributed by atoms with Gasteiger partial charge in [0.1, 0.15) is 16.3 Å². The molecule has 0 unspecified atom stereocenters. The van der Waals surface area contributed by atoms with Gasteiger partial charge in [0.05, 0.1) is 12.8 Å². The van der Waals surface area contributed by atoms with Crippen molar-refractivity contribution in [2.24, 2.45) is 0 Å². The number of esters is 1. The molecule has 6 nitrogen and oxygen atoms in total. The first kappa shape index (κ1) is 24.3. The molecule has 0 saturated heterocycles. The van der Waals surface area contributed by atoms with Crippen LogP contribution in [-0.4, -0.2) is 23.1 Å². The number of thiol groups is 1. The Labute approximate surface area is 222 Å². The summed E-state index contributed by atoms with van der Waals surface area (Å²) in [7, 11) is 0. The molecule has 0 aliphatic carbocycles. The maximum Gasteiger partial charge on any atom is 0.341 e. The first-order valence-corrected chi connectivity index (χ1v) is 13.6. The van der Waals surface area contributed by atoms with Gasteiger partial charge in [0, 0.05) is 21.9 Å². The summed E-state index contributed by atoms with van der Waals surface area (Å²) < 4.78 is 9.14. The Balaban J connectivity index is 1.63. The smallest absolute Gasteiger partial charge is 0.341 e. The van der Waals surface area contributed by atoms with E-state index in [1.165, 1.54) is 22.7 Å². The highest BCUT2D eigenvalue weighted by atomic mass is 32.1. The molecule has 1 aromatic carbocycles. The number of amides is 1. The number of imidazole rings is 1. The van der Waals surface area contributed by atoms with Crippen molar-refractivity contribution in [2.75, 3.05) is 11.9 Å². The van der Waals surface area contributed by atoms with Gasteiger partial charge in [-0.05, 0) is 55.5 Å². The lowest BCUT2D eigenvalue weighted by Crippen LogP contribution is -2.31. The molecule has 9 heteroatoms. The van der Waals surface area contributed by atoms with Crippen molar-refractivity contribution in [2.45, 2.75) is 25.8 Å². The summed E-state index contributed by atoms with van der Waals surface area (Å²) in [5.41, 5.74) is 5.29. The lowest BCUT2D eigenvalue weighted by Gasteiger charge is -2.07. The summed E-state index contributed by atoms with van der Waals surface area (Å²) in [6.07, 6.45) is 1.91. The third kappa shape index (κ3) is 4.23. The number of pyridine rings is 1. The summed E-state index contributed by atoms with van der Waals surface area (Å²) in [6, 6.07) is 15.8. The monoisotopic (exact) mass is 534 g/mol. The Kier molecular flexibility index (Phi) is 6.70. The number of carbonyl (C=O) groups is 2. The standard InChI is InChI=1S/C27H23N3O3S3/c1-4-33-27(32)22-18(20-10-7-13-35-20)15-36-25(22)28-24(31)23-26(34)30(19-9-6-5-8-17(19)3)21-12-11-16(2)14-29(21)23/h5-15H,4H2,1-3H3,(H-,28,31,32,34)/p+1. The normalized spacial score (nSPS) is 11.1. The van der Waals surface area contributed by atoms with Crippen LogP contribution in [0.2, 0.25) is 0 Å². The highest BCUT2D eigenvalue weighted by Crippen LogP contribution is 2.38. The van der Waals surface area contributed by atoms with E-state index < -0.39 is 5.97 Å². The van der Waals surface area contributed by atoms with Crippen LogP contribution >= 0.6 is 35.3 Å². The number of benzene rings is 1. The van der Waals surface area contributed by atoms with Crippen LogP contribution in [-0.2, 0) is 4.74 Å². The molecule has 182 valence electrons. The number of anilines is 1. The van der Waals surface area contributed by atoms with Crippen molar-refractivity contribution in [1.82, 2.24) is 4.57 Å². The van der Waals surface area contributed by atoms with Crippen molar-refractivity contribution < 1.29 is 18.7 Å². The zero-order valence-electron chi connectivity index (χ0n) is 19.9. The lowest BCUT2D eigenvalue weighted by atomic mass is 10.1. The number of nitrogens with zero attached hydrogens (tertiary/aromatic N) is 2. The van der Waals surface area contributed by atoms with E-state index in [0.717, 1.165) is 32.9 Å². The van der Waals surface area contributed by atoms with E-state index in [2.05, 4.69) is 5.32 Å². The van der Waals surface area contributed by atoms with Crippen LogP contribution in [0.1, 0.15) is 38.9 Å². The van der Waals surface area contributed by atoms with Gasteiger partial charge in [-0.15, -0.1) is 22.7 Å². The Hall–Kier alpha value is -3.40. The van der Waals surface area contributed by atoms with Gasteiger partial charge in [-0.25, -0.2) is 4.79 Å². The lowest BCUT2D eigenvalue weighted by molar-refractivity contribution is -0.514. The Morgan fingerprint density at radius 2 is 1.89 bits per heavy atom. The van der Waals surface area contributed by atoms with E-state index in [0.29, 0.717) is 21.3 Å². The second-order valence-electron chi connectivity index (χ2n) is 8.23. The third-order valence-corrected chi connectivity index (χ3v) is 8.03. The number of hydrogen-bond acceptors (Lipinski definition) is 6. The molecule has 4 aromatic heterocycles. The number of carbonyl (C=O) groups excluding carboxylic acids is 2. The average molecular weight is 535 g/mol. The van der Waals surface area contributed by atoms with Crippen LogP contribution in [0.5, 0.6) is 0 Å². The molecule has 1 N–H and O–H groups in total. The SMILES string of the molecule is CCOC(=O)c1c(-c2cccs2)csc1NC(=O)c1c(S)n(-c2ccccc2C)c2ccc(C)c[n+]12. The molecule has 5 rings (SSSR count). The van der Waals surface area contributed by atoms with Crippen LogP contribution in [0, 0.1) is 13.8 Å². The third-order valence-electron chi connectivity index (χ3n) is 5.82. The summed E-state index contributed by atoms with van der Waals surface area (Å²) in [4.78, 5) is 27.6. The van der Waals surface area contributed by atoms with Gasteiger partial charge >= 0.3 is 11.9 Å². The van der Waals surface area contributed by atoms with Gasteiger partial charge in [0.2, 0.25) is 5.03 Å². The summed E-state index contributed by atoms with van der Waals surface area (Å²) >= 11 is 7.65.